The predicted octanol–water partition coefficient (Wildman–Crippen LogP) is 2.23. The summed E-state index contributed by atoms with van der Waals surface area (Å²) < 4.78 is 27.1. The smallest absolute Gasteiger partial charge is 0.258 e. The molecule has 0 aliphatic heterocycles. The van der Waals surface area contributed by atoms with Crippen LogP contribution in [0.15, 0.2) is 47.6 Å². The van der Waals surface area contributed by atoms with E-state index in [0.29, 0.717) is 11.6 Å². The van der Waals surface area contributed by atoms with E-state index in [1.54, 1.807) is 31.2 Å². The monoisotopic (exact) mass is 325 g/mol. The molecule has 0 saturated heterocycles. The maximum Gasteiger partial charge on any atom is 0.258 e. The number of hydrogen-bond acceptors (Lipinski definition) is 4. The van der Waals surface area contributed by atoms with Crippen molar-refractivity contribution in [3.05, 3.63) is 58.7 Å². The highest BCUT2D eigenvalue weighted by atomic mass is 35.5. The number of rotatable bonds is 5. The van der Waals surface area contributed by atoms with E-state index in [0.717, 1.165) is 11.1 Å². The zero-order valence-electron chi connectivity index (χ0n) is 11.5. The molecular formula is C14H16ClN3O2S. The largest absolute Gasteiger partial charge is 0.326 e. The summed E-state index contributed by atoms with van der Waals surface area (Å²) in [5.74, 6) is 0. The second-order valence-electron chi connectivity index (χ2n) is 4.61. The molecule has 0 fully saturated rings. The second-order valence-corrected chi connectivity index (χ2v) is 6.70. The minimum Gasteiger partial charge on any atom is -0.326 e. The Hall–Kier alpha value is -1.47. The van der Waals surface area contributed by atoms with Gasteiger partial charge in [-0.1, -0.05) is 29.8 Å². The highest BCUT2D eigenvalue weighted by Crippen LogP contribution is 2.19. The Kier molecular flexibility index (Phi) is 4.95. The molecule has 1 atom stereocenters. The van der Waals surface area contributed by atoms with Crippen LogP contribution in [0.3, 0.4) is 0 Å². The van der Waals surface area contributed by atoms with Crippen molar-refractivity contribution in [2.24, 2.45) is 5.73 Å². The molecule has 1 aromatic heterocycles. The SMILES string of the molecule is CC(NS(=O)(=O)c1ccc(CN)cn1)c1cccc(Cl)c1. The maximum atomic E-state index is 12.3. The third-order valence-corrected chi connectivity index (χ3v) is 4.68. The Labute approximate surface area is 129 Å². The lowest BCUT2D eigenvalue weighted by Crippen LogP contribution is -2.27. The molecule has 112 valence electrons. The van der Waals surface area contributed by atoms with Crippen molar-refractivity contribution in [3.8, 4) is 0 Å². The highest BCUT2D eigenvalue weighted by molar-refractivity contribution is 7.89. The zero-order valence-corrected chi connectivity index (χ0v) is 13.0. The molecule has 0 amide bonds. The van der Waals surface area contributed by atoms with E-state index in [9.17, 15) is 8.42 Å². The quantitative estimate of drug-likeness (QED) is 0.882. The number of hydrogen-bond donors (Lipinski definition) is 2. The molecule has 1 heterocycles. The van der Waals surface area contributed by atoms with Gasteiger partial charge in [0.2, 0.25) is 0 Å². The van der Waals surface area contributed by atoms with E-state index < -0.39 is 16.1 Å². The van der Waals surface area contributed by atoms with E-state index in [2.05, 4.69) is 9.71 Å². The molecule has 21 heavy (non-hydrogen) atoms. The van der Waals surface area contributed by atoms with Gasteiger partial charge in [0.05, 0.1) is 0 Å². The number of pyridine rings is 1. The van der Waals surface area contributed by atoms with Crippen molar-refractivity contribution >= 4 is 21.6 Å². The molecule has 7 heteroatoms. The summed E-state index contributed by atoms with van der Waals surface area (Å²) in [4.78, 5) is 3.93. The fourth-order valence-corrected chi connectivity index (χ4v) is 3.19. The summed E-state index contributed by atoms with van der Waals surface area (Å²) in [5.41, 5.74) is 7.02. The summed E-state index contributed by atoms with van der Waals surface area (Å²) in [7, 11) is -3.69. The van der Waals surface area contributed by atoms with Gasteiger partial charge in [-0.3, -0.25) is 0 Å². The van der Waals surface area contributed by atoms with Crippen molar-refractivity contribution < 1.29 is 8.42 Å². The minimum atomic E-state index is -3.69. The Balaban J connectivity index is 2.20. The van der Waals surface area contributed by atoms with Crippen molar-refractivity contribution in [2.45, 2.75) is 24.5 Å². The van der Waals surface area contributed by atoms with Gasteiger partial charge in [-0.25, -0.2) is 18.1 Å². The Bertz CT molecular complexity index is 717. The molecular weight excluding hydrogens is 310 g/mol. The Morgan fingerprint density at radius 2 is 2.10 bits per heavy atom. The van der Waals surface area contributed by atoms with Crippen molar-refractivity contribution in [1.82, 2.24) is 9.71 Å². The first kappa shape index (κ1) is 15.9. The topological polar surface area (TPSA) is 85.1 Å². The molecule has 5 nitrogen and oxygen atoms in total. The minimum absolute atomic E-state index is 0.0337. The lowest BCUT2D eigenvalue weighted by molar-refractivity contribution is 0.563. The van der Waals surface area contributed by atoms with Crippen LogP contribution in [-0.2, 0) is 16.6 Å². The molecule has 2 rings (SSSR count). The molecule has 0 radical (unpaired) electrons. The number of nitrogens with zero attached hydrogens (tertiary/aromatic N) is 1. The van der Waals surface area contributed by atoms with E-state index >= 15 is 0 Å². The predicted molar refractivity (Wildman–Crippen MR) is 82.3 cm³/mol. The van der Waals surface area contributed by atoms with Crippen LogP contribution in [0.5, 0.6) is 0 Å². The number of sulfonamides is 1. The Morgan fingerprint density at radius 3 is 2.67 bits per heavy atom. The highest BCUT2D eigenvalue weighted by Gasteiger charge is 2.19. The second kappa shape index (κ2) is 6.53. The van der Waals surface area contributed by atoms with E-state index in [4.69, 9.17) is 17.3 Å². The van der Waals surface area contributed by atoms with E-state index in [1.165, 1.54) is 12.3 Å². The van der Waals surface area contributed by atoms with Gasteiger partial charge in [0.25, 0.3) is 10.0 Å². The number of nitrogens with two attached hydrogens (primary N) is 1. The van der Waals surface area contributed by atoms with Crippen LogP contribution < -0.4 is 10.5 Å². The van der Waals surface area contributed by atoms with Crippen LogP contribution in [-0.4, -0.2) is 13.4 Å². The molecule has 1 aromatic carbocycles. The fraction of sp³-hybridized carbons (Fsp3) is 0.214. The third kappa shape index (κ3) is 4.01. The summed E-state index contributed by atoms with van der Waals surface area (Å²) >= 11 is 5.91. The summed E-state index contributed by atoms with van der Waals surface area (Å²) in [6.07, 6.45) is 1.46. The molecule has 0 saturated carbocycles. The first-order valence-corrected chi connectivity index (χ1v) is 8.21. The first-order valence-electron chi connectivity index (χ1n) is 6.35. The number of halogens is 1. The molecule has 1 unspecified atom stereocenters. The number of benzene rings is 1. The average Bonchev–Trinajstić information content (AvgIpc) is 2.47. The number of nitrogens with one attached hydrogen (secondary N) is 1. The van der Waals surface area contributed by atoms with E-state index in [1.807, 2.05) is 6.07 Å². The van der Waals surface area contributed by atoms with Gasteiger partial charge in [-0.2, -0.15) is 0 Å². The Morgan fingerprint density at radius 1 is 1.33 bits per heavy atom. The van der Waals surface area contributed by atoms with Gasteiger partial charge >= 0.3 is 0 Å². The van der Waals surface area contributed by atoms with Crippen LogP contribution in [0.25, 0.3) is 0 Å². The summed E-state index contributed by atoms with van der Waals surface area (Å²) in [5, 5.41) is 0.526. The molecule has 0 aliphatic rings. The van der Waals surface area contributed by atoms with Gasteiger partial charge in [-0.05, 0) is 36.2 Å². The van der Waals surface area contributed by atoms with Crippen LogP contribution >= 0.6 is 11.6 Å². The van der Waals surface area contributed by atoms with Gasteiger partial charge in [0, 0.05) is 23.8 Å². The molecule has 0 aliphatic carbocycles. The zero-order chi connectivity index (χ0) is 15.5. The molecule has 2 aromatic rings. The lowest BCUT2D eigenvalue weighted by Gasteiger charge is -2.14. The lowest BCUT2D eigenvalue weighted by atomic mass is 10.1. The van der Waals surface area contributed by atoms with Crippen LogP contribution in [0, 0.1) is 0 Å². The standard InChI is InChI=1S/C14H16ClN3O2S/c1-10(12-3-2-4-13(15)7-12)18-21(19,20)14-6-5-11(8-16)9-17-14/h2-7,9-10,18H,8,16H2,1H3. The first-order chi connectivity index (χ1) is 9.92. The summed E-state index contributed by atoms with van der Waals surface area (Å²) in [6, 6.07) is 9.71. The maximum absolute atomic E-state index is 12.3. The van der Waals surface area contributed by atoms with E-state index in [-0.39, 0.29) is 5.03 Å². The van der Waals surface area contributed by atoms with Gasteiger partial charge in [0.1, 0.15) is 0 Å². The van der Waals surface area contributed by atoms with Crippen molar-refractivity contribution in [1.29, 1.82) is 0 Å². The van der Waals surface area contributed by atoms with Crippen molar-refractivity contribution in [3.63, 3.8) is 0 Å². The van der Waals surface area contributed by atoms with Gasteiger partial charge in [-0.15, -0.1) is 0 Å². The van der Waals surface area contributed by atoms with Crippen LogP contribution in [0.4, 0.5) is 0 Å². The van der Waals surface area contributed by atoms with Gasteiger partial charge < -0.3 is 5.73 Å². The van der Waals surface area contributed by atoms with Crippen molar-refractivity contribution in [2.75, 3.05) is 0 Å². The molecule has 0 bridgehead atoms. The van der Waals surface area contributed by atoms with Gasteiger partial charge in [0.15, 0.2) is 5.03 Å². The van der Waals surface area contributed by atoms with Crippen LogP contribution in [0.2, 0.25) is 5.02 Å². The molecule has 3 N–H and O–H groups in total. The number of aromatic nitrogens is 1. The normalized spacial score (nSPS) is 13.1. The summed E-state index contributed by atoms with van der Waals surface area (Å²) in [6.45, 7) is 2.07. The third-order valence-electron chi connectivity index (χ3n) is 2.99. The fourth-order valence-electron chi connectivity index (χ4n) is 1.83. The average molecular weight is 326 g/mol. The van der Waals surface area contributed by atoms with Crippen LogP contribution in [0.1, 0.15) is 24.1 Å². The molecule has 0 spiro atoms.